The van der Waals surface area contributed by atoms with E-state index in [-0.39, 0.29) is 17.9 Å². The molecule has 2 rings (SSSR count). The van der Waals surface area contributed by atoms with E-state index in [9.17, 15) is 18.4 Å². The van der Waals surface area contributed by atoms with Crippen molar-refractivity contribution in [1.29, 1.82) is 0 Å². The van der Waals surface area contributed by atoms with Crippen molar-refractivity contribution < 1.29 is 18.4 Å². The zero-order chi connectivity index (χ0) is 14.0. The summed E-state index contributed by atoms with van der Waals surface area (Å²) in [4.78, 5) is 25.1. The van der Waals surface area contributed by atoms with Gasteiger partial charge in [-0.2, -0.15) is 0 Å². The molecule has 0 N–H and O–H groups in total. The molecule has 1 unspecified atom stereocenters. The Balaban J connectivity index is 2.32. The van der Waals surface area contributed by atoms with Crippen molar-refractivity contribution in [2.75, 3.05) is 11.4 Å². The summed E-state index contributed by atoms with van der Waals surface area (Å²) in [5.41, 5.74) is -0.0846. The van der Waals surface area contributed by atoms with Gasteiger partial charge in [0.25, 0.3) is 0 Å². The highest BCUT2D eigenvalue weighted by Crippen LogP contribution is 2.28. The first kappa shape index (κ1) is 13.6. The monoisotopic (exact) mass is 267 g/mol. The first-order chi connectivity index (χ1) is 9.06. The molecule has 0 radical (unpaired) electrons. The molecular weight excluding hydrogens is 252 g/mol. The fourth-order valence-corrected chi connectivity index (χ4v) is 2.36. The van der Waals surface area contributed by atoms with Crippen molar-refractivity contribution in [3.8, 4) is 0 Å². The quantitative estimate of drug-likeness (QED) is 0.790. The van der Waals surface area contributed by atoms with E-state index < -0.39 is 23.5 Å². The standard InChI is InChI=1S/C14H15F2NO2/c1-2-12(18)9-5-4-8-17(14(9)19)11-7-3-6-10(15)13(11)16/h3,6-7,9H,2,4-5,8H2,1H3. The van der Waals surface area contributed by atoms with Crippen molar-refractivity contribution >= 4 is 17.4 Å². The summed E-state index contributed by atoms with van der Waals surface area (Å²) >= 11 is 0. The van der Waals surface area contributed by atoms with E-state index >= 15 is 0 Å². The fourth-order valence-electron chi connectivity index (χ4n) is 2.36. The van der Waals surface area contributed by atoms with Gasteiger partial charge in [-0.15, -0.1) is 0 Å². The predicted octanol–water partition coefficient (Wildman–Crippen LogP) is 2.69. The summed E-state index contributed by atoms with van der Waals surface area (Å²) in [5, 5.41) is 0. The molecule has 1 aliphatic rings. The Morgan fingerprint density at radius 1 is 1.42 bits per heavy atom. The van der Waals surface area contributed by atoms with Crippen molar-refractivity contribution in [2.24, 2.45) is 5.92 Å². The highest BCUT2D eigenvalue weighted by Gasteiger charge is 2.34. The summed E-state index contributed by atoms with van der Waals surface area (Å²) in [6, 6.07) is 3.71. The van der Waals surface area contributed by atoms with E-state index in [4.69, 9.17) is 0 Å². The Morgan fingerprint density at radius 3 is 2.84 bits per heavy atom. The van der Waals surface area contributed by atoms with Crippen LogP contribution in [0.5, 0.6) is 0 Å². The summed E-state index contributed by atoms with van der Waals surface area (Å²) < 4.78 is 26.9. The second-order valence-corrected chi connectivity index (χ2v) is 4.58. The predicted molar refractivity (Wildman–Crippen MR) is 66.7 cm³/mol. The summed E-state index contributed by atoms with van der Waals surface area (Å²) in [6.45, 7) is 2.00. The lowest BCUT2D eigenvalue weighted by molar-refractivity contribution is -0.133. The molecule has 1 atom stereocenters. The molecule has 102 valence electrons. The van der Waals surface area contributed by atoms with Gasteiger partial charge in [0.15, 0.2) is 11.6 Å². The van der Waals surface area contributed by atoms with Crippen LogP contribution in [0.25, 0.3) is 0 Å². The summed E-state index contributed by atoms with van der Waals surface area (Å²) in [6.07, 6.45) is 1.37. The minimum absolute atomic E-state index is 0.0846. The number of Topliss-reactive ketones (excluding diaryl/α,β-unsaturated/α-hetero) is 1. The molecule has 5 heteroatoms. The summed E-state index contributed by atoms with van der Waals surface area (Å²) in [7, 11) is 0. The Morgan fingerprint density at radius 2 is 2.16 bits per heavy atom. The second kappa shape index (κ2) is 5.47. The molecule has 0 saturated carbocycles. The third-order valence-corrected chi connectivity index (χ3v) is 3.40. The average molecular weight is 267 g/mol. The lowest BCUT2D eigenvalue weighted by Gasteiger charge is -2.31. The van der Waals surface area contributed by atoms with Gasteiger partial charge < -0.3 is 4.90 Å². The Hall–Kier alpha value is -1.78. The Kier molecular flexibility index (Phi) is 3.93. The van der Waals surface area contributed by atoms with E-state index in [1.165, 1.54) is 17.0 Å². The molecule has 1 aromatic carbocycles. The molecule has 1 saturated heterocycles. The zero-order valence-corrected chi connectivity index (χ0v) is 10.7. The Labute approximate surface area is 110 Å². The van der Waals surface area contributed by atoms with Crippen LogP contribution in [0.1, 0.15) is 26.2 Å². The maximum atomic E-state index is 13.7. The summed E-state index contributed by atoms with van der Waals surface area (Å²) in [5.74, 6) is -3.33. The van der Waals surface area contributed by atoms with E-state index in [1.54, 1.807) is 6.92 Å². The zero-order valence-electron chi connectivity index (χ0n) is 10.7. The van der Waals surface area contributed by atoms with Gasteiger partial charge in [0, 0.05) is 13.0 Å². The fraction of sp³-hybridized carbons (Fsp3) is 0.429. The van der Waals surface area contributed by atoms with E-state index in [2.05, 4.69) is 0 Å². The highest BCUT2D eigenvalue weighted by molar-refractivity contribution is 6.08. The Bertz CT molecular complexity index is 516. The normalized spacial score (nSPS) is 19.6. The number of rotatable bonds is 3. The number of hydrogen-bond acceptors (Lipinski definition) is 2. The van der Waals surface area contributed by atoms with Gasteiger partial charge in [0.1, 0.15) is 5.78 Å². The number of hydrogen-bond donors (Lipinski definition) is 0. The van der Waals surface area contributed by atoms with Crippen LogP contribution in [0.4, 0.5) is 14.5 Å². The van der Waals surface area contributed by atoms with E-state index in [0.29, 0.717) is 19.4 Å². The van der Waals surface area contributed by atoms with Crippen LogP contribution in [0.3, 0.4) is 0 Å². The molecule has 0 aromatic heterocycles. The van der Waals surface area contributed by atoms with Gasteiger partial charge in [-0.05, 0) is 25.0 Å². The van der Waals surface area contributed by atoms with Gasteiger partial charge in [0.2, 0.25) is 5.91 Å². The number of benzene rings is 1. The topological polar surface area (TPSA) is 37.4 Å². The number of carbonyl (C=O) groups is 2. The van der Waals surface area contributed by atoms with Gasteiger partial charge in [-0.3, -0.25) is 9.59 Å². The molecule has 1 aromatic rings. The van der Waals surface area contributed by atoms with E-state index in [1.807, 2.05) is 0 Å². The molecule has 0 spiro atoms. The van der Waals surface area contributed by atoms with Crippen molar-refractivity contribution in [3.05, 3.63) is 29.8 Å². The first-order valence-corrected chi connectivity index (χ1v) is 6.34. The van der Waals surface area contributed by atoms with Crippen molar-refractivity contribution in [2.45, 2.75) is 26.2 Å². The highest BCUT2D eigenvalue weighted by atomic mass is 19.2. The van der Waals surface area contributed by atoms with Crippen LogP contribution >= 0.6 is 0 Å². The van der Waals surface area contributed by atoms with Crippen LogP contribution in [0, 0.1) is 17.6 Å². The minimum atomic E-state index is -1.04. The molecule has 3 nitrogen and oxygen atoms in total. The molecule has 0 aliphatic carbocycles. The number of anilines is 1. The number of carbonyl (C=O) groups excluding carboxylic acids is 2. The van der Waals surface area contributed by atoms with Gasteiger partial charge >= 0.3 is 0 Å². The maximum Gasteiger partial charge on any atom is 0.237 e. The van der Waals surface area contributed by atoms with Gasteiger partial charge in [-0.25, -0.2) is 8.78 Å². The SMILES string of the molecule is CCC(=O)C1CCCN(c2cccc(F)c2F)C1=O. The number of nitrogens with zero attached hydrogens (tertiary/aromatic N) is 1. The van der Waals surface area contributed by atoms with E-state index in [0.717, 1.165) is 6.07 Å². The molecule has 1 fully saturated rings. The van der Waals surface area contributed by atoms with Crippen LogP contribution in [0.2, 0.25) is 0 Å². The third-order valence-electron chi connectivity index (χ3n) is 3.40. The third kappa shape index (κ3) is 2.50. The minimum Gasteiger partial charge on any atom is -0.309 e. The average Bonchev–Trinajstić information content (AvgIpc) is 2.42. The number of piperidine rings is 1. The molecule has 0 bridgehead atoms. The molecule has 1 heterocycles. The lowest BCUT2D eigenvalue weighted by atomic mass is 9.91. The molecule has 19 heavy (non-hydrogen) atoms. The van der Waals surface area contributed by atoms with Crippen LogP contribution in [-0.2, 0) is 9.59 Å². The van der Waals surface area contributed by atoms with Crippen LogP contribution < -0.4 is 4.90 Å². The van der Waals surface area contributed by atoms with Gasteiger partial charge in [0.05, 0.1) is 11.6 Å². The van der Waals surface area contributed by atoms with Crippen LogP contribution in [0.15, 0.2) is 18.2 Å². The second-order valence-electron chi connectivity index (χ2n) is 4.58. The number of amides is 1. The molecule has 1 amide bonds. The molecular formula is C14H15F2NO2. The number of halogens is 2. The largest absolute Gasteiger partial charge is 0.309 e. The van der Waals surface area contributed by atoms with Crippen molar-refractivity contribution in [1.82, 2.24) is 0 Å². The first-order valence-electron chi connectivity index (χ1n) is 6.34. The molecule has 1 aliphatic heterocycles. The smallest absolute Gasteiger partial charge is 0.237 e. The number of ketones is 1. The lowest BCUT2D eigenvalue weighted by Crippen LogP contribution is -2.44. The van der Waals surface area contributed by atoms with Crippen LogP contribution in [-0.4, -0.2) is 18.2 Å². The van der Waals surface area contributed by atoms with Crippen molar-refractivity contribution in [3.63, 3.8) is 0 Å². The maximum absolute atomic E-state index is 13.7. The van der Waals surface area contributed by atoms with Gasteiger partial charge in [-0.1, -0.05) is 13.0 Å².